The molecule has 0 aliphatic rings. The fraction of sp³-hybridized carbons (Fsp3) is 0.450. The predicted octanol–water partition coefficient (Wildman–Crippen LogP) is 5.66. The maximum Gasteiger partial charge on any atom is 0.122 e. The fourth-order valence-corrected chi connectivity index (χ4v) is 6.80. The van der Waals surface area contributed by atoms with Crippen LogP contribution >= 0.6 is 0 Å². The Morgan fingerprint density at radius 2 is 1.74 bits per heavy atom. The summed E-state index contributed by atoms with van der Waals surface area (Å²) in [5.74, 6) is 0.870. The first-order chi connectivity index (χ1) is 11.1. The monoisotopic (exact) mass is 327 g/mol. The maximum atomic E-state index is 5.39. The van der Waals surface area contributed by atoms with Crippen molar-refractivity contribution < 1.29 is 4.74 Å². The minimum atomic E-state index is -1.23. The maximum absolute atomic E-state index is 5.39. The van der Waals surface area contributed by atoms with E-state index in [4.69, 9.17) is 4.74 Å². The SMILES string of the molecule is CC[Si](CC)(CC)Cc1cccc(C)c1-c1cc(OC)ccn1. The van der Waals surface area contributed by atoms with Gasteiger partial charge in [0.1, 0.15) is 5.75 Å². The summed E-state index contributed by atoms with van der Waals surface area (Å²) in [6.07, 6.45) is 1.84. The molecule has 23 heavy (non-hydrogen) atoms. The van der Waals surface area contributed by atoms with Gasteiger partial charge in [-0.25, -0.2) is 0 Å². The molecule has 2 rings (SSSR count). The molecule has 0 aliphatic carbocycles. The van der Waals surface area contributed by atoms with E-state index < -0.39 is 8.07 Å². The predicted molar refractivity (Wildman–Crippen MR) is 102 cm³/mol. The third kappa shape index (κ3) is 3.84. The molecule has 0 spiro atoms. The molecule has 1 aromatic heterocycles. The highest BCUT2D eigenvalue weighted by molar-refractivity contribution is 6.79. The highest BCUT2D eigenvalue weighted by atomic mass is 28.3. The number of aromatic nitrogens is 1. The second-order valence-corrected chi connectivity index (χ2v) is 11.9. The van der Waals surface area contributed by atoms with Crippen molar-refractivity contribution in [3.05, 3.63) is 47.7 Å². The molecule has 0 unspecified atom stereocenters. The van der Waals surface area contributed by atoms with Gasteiger partial charge in [-0.05, 0) is 30.2 Å². The minimum absolute atomic E-state index is 0.870. The van der Waals surface area contributed by atoms with Crippen LogP contribution in [0.1, 0.15) is 31.9 Å². The quantitative estimate of drug-likeness (QED) is 0.612. The van der Waals surface area contributed by atoms with Crippen LogP contribution in [0.3, 0.4) is 0 Å². The number of nitrogens with zero attached hydrogens (tertiary/aromatic N) is 1. The van der Waals surface area contributed by atoms with Crippen LogP contribution < -0.4 is 4.74 Å². The summed E-state index contributed by atoms with van der Waals surface area (Å²) < 4.78 is 5.39. The number of aryl methyl sites for hydroxylation is 1. The van der Waals surface area contributed by atoms with Crippen LogP contribution in [0.5, 0.6) is 5.75 Å². The zero-order valence-electron chi connectivity index (χ0n) is 15.1. The number of methoxy groups -OCH3 is 1. The van der Waals surface area contributed by atoms with E-state index in [-0.39, 0.29) is 0 Å². The molecule has 2 nitrogen and oxygen atoms in total. The molecule has 0 bridgehead atoms. The fourth-order valence-electron chi connectivity index (χ4n) is 3.45. The minimum Gasteiger partial charge on any atom is -0.497 e. The Morgan fingerprint density at radius 3 is 2.35 bits per heavy atom. The Morgan fingerprint density at radius 1 is 1.04 bits per heavy atom. The van der Waals surface area contributed by atoms with Gasteiger partial charge in [0.15, 0.2) is 0 Å². The summed E-state index contributed by atoms with van der Waals surface area (Å²) >= 11 is 0. The van der Waals surface area contributed by atoms with E-state index in [0.29, 0.717) is 0 Å². The van der Waals surface area contributed by atoms with Gasteiger partial charge in [-0.15, -0.1) is 0 Å². The molecule has 0 atom stereocenters. The molecule has 0 N–H and O–H groups in total. The highest BCUT2D eigenvalue weighted by Crippen LogP contribution is 2.33. The number of benzene rings is 1. The molecule has 0 amide bonds. The van der Waals surface area contributed by atoms with Gasteiger partial charge in [0, 0.05) is 17.8 Å². The van der Waals surface area contributed by atoms with Crippen molar-refractivity contribution in [1.29, 1.82) is 0 Å². The molecular weight excluding hydrogens is 298 g/mol. The van der Waals surface area contributed by atoms with E-state index in [1.807, 2.05) is 12.3 Å². The first-order valence-corrected chi connectivity index (χ1v) is 11.5. The Labute approximate surface area is 141 Å². The molecular formula is C20H29NOSi. The second-order valence-electron chi connectivity index (χ2n) is 6.43. The summed E-state index contributed by atoms with van der Waals surface area (Å²) in [6, 6.07) is 15.9. The third-order valence-corrected chi connectivity index (χ3v) is 11.0. The summed E-state index contributed by atoms with van der Waals surface area (Å²) in [4.78, 5) is 4.62. The van der Waals surface area contributed by atoms with E-state index in [0.717, 1.165) is 11.4 Å². The van der Waals surface area contributed by atoms with E-state index in [9.17, 15) is 0 Å². The van der Waals surface area contributed by atoms with Gasteiger partial charge in [0.2, 0.25) is 0 Å². The summed E-state index contributed by atoms with van der Waals surface area (Å²) in [7, 11) is 0.483. The van der Waals surface area contributed by atoms with Crippen molar-refractivity contribution in [3.8, 4) is 17.0 Å². The van der Waals surface area contributed by atoms with Crippen LogP contribution in [0.2, 0.25) is 18.1 Å². The van der Waals surface area contributed by atoms with Crippen LogP contribution in [0.15, 0.2) is 36.5 Å². The van der Waals surface area contributed by atoms with Crippen LogP contribution in [0, 0.1) is 6.92 Å². The van der Waals surface area contributed by atoms with Crippen LogP contribution in [0.4, 0.5) is 0 Å². The number of rotatable bonds is 7. The molecule has 0 saturated heterocycles. The summed E-state index contributed by atoms with van der Waals surface area (Å²) in [5, 5.41) is 0. The van der Waals surface area contributed by atoms with Gasteiger partial charge in [-0.3, -0.25) is 4.98 Å². The van der Waals surface area contributed by atoms with E-state index in [1.54, 1.807) is 7.11 Å². The zero-order chi connectivity index (χ0) is 16.9. The number of hydrogen-bond acceptors (Lipinski definition) is 2. The Hall–Kier alpha value is -1.61. The van der Waals surface area contributed by atoms with Crippen molar-refractivity contribution in [2.45, 2.75) is 51.9 Å². The lowest BCUT2D eigenvalue weighted by atomic mass is 9.99. The molecule has 0 radical (unpaired) electrons. The van der Waals surface area contributed by atoms with Crippen molar-refractivity contribution in [2.75, 3.05) is 7.11 Å². The molecule has 124 valence electrons. The smallest absolute Gasteiger partial charge is 0.122 e. The molecule has 1 aromatic carbocycles. The summed E-state index contributed by atoms with van der Waals surface area (Å²) in [6.45, 7) is 9.31. The average molecular weight is 328 g/mol. The van der Waals surface area contributed by atoms with Gasteiger partial charge in [-0.2, -0.15) is 0 Å². The van der Waals surface area contributed by atoms with E-state index >= 15 is 0 Å². The highest BCUT2D eigenvalue weighted by Gasteiger charge is 2.28. The number of hydrogen-bond donors (Lipinski definition) is 0. The molecule has 1 heterocycles. The van der Waals surface area contributed by atoms with Gasteiger partial charge >= 0.3 is 0 Å². The normalized spacial score (nSPS) is 11.5. The molecule has 0 fully saturated rings. The largest absolute Gasteiger partial charge is 0.497 e. The standard InChI is InChI=1S/C20H29NOSi/c1-6-23(7-2,8-3)15-17-11-9-10-16(4)20(17)19-14-18(22-5)12-13-21-19/h9-14H,6-8,15H2,1-5H3. The number of ether oxygens (including phenoxy) is 1. The first kappa shape index (κ1) is 17.7. The lowest BCUT2D eigenvalue weighted by Crippen LogP contribution is -2.35. The molecule has 2 aromatic rings. The van der Waals surface area contributed by atoms with Gasteiger partial charge in [0.05, 0.1) is 20.9 Å². The average Bonchev–Trinajstić information content (AvgIpc) is 2.60. The van der Waals surface area contributed by atoms with Crippen molar-refractivity contribution >= 4 is 8.07 Å². The van der Waals surface area contributed by atoms with Crippen molar-refractivity contribution in [2.24, 2.45) is 0 Å². The lowest BCUT2D eigenvalue weighted by molar-refractivity contribution is 0.414. The van der Waals surface area contributed by atoms with Crippen LogP contribution in [-0.4, -0.2) is 20.2 Å². The molecule has 3 heteroatoms. The van der Waals surface area contributed by atoms with Crippen molar-refractivity contribution in [3.63, 3.8) is 0 Å². The topological polar surface area (TPSA) is 22.1 Å². The Bertz CT molecular complexity index is 642. The van der Waals surface area contributed by atoms with Crippen LogP contribution in [-0.2, 0) is 6.04 Å². The third-order valence-electron chi connectivity index (χ3n) is 5.40. The zero-order valence-corrected chi connectivity index (χ0v) is 16.1. The van der Waals surface area contributed by atoms with E-state index in [2.05, 4.69) is 56.9 Å². The Kier molecular flexibility index (Phi) is 6.00. The number of pyridine rings is 1. The van der Waals surface area contributed by atoms with Gasteiger partial charge in [-0.1, -0.05) is 57.1 Å². The van der Waals surface area contributed by atoms with Gasteiger partial charge < -0.3 is 4.74 Å². The molecule has 0 saturated carbocycles. The second kappa shape index (κ2) is 7.78. The summed E-state index contributed by atoms with van der Waals surface area (Å²) in [5.41, 5.74) is 5.10. The first-order valence-electron chi connectivity index (χ1n) is 8.68. The molecule has 0 aliphatic heterocycles. The van der Waals surface area contributed by atoms with E-state index in [1.165, 1.54) is 40.9 Å². The van der Waals surface area contributed by atoms with Crippen molar-refractivity contribution in [1.82, 2.24) is 4.98 Å². The Balaban J connectivity index is 2.52. The lowest BCUT2D eigenvalue weighted by Gasteiger charge is -2.29. The van der Waals surface area contributed by atoms with Crippen LogP contribution in [0.25, 0.3) is 11.3 Å². The van der Waals surface area contributed by atoms with Gasteiger partial charge in [0.25, 0.3) is 0 Å².